The average Bonchev–Trinajstić information content (AvgIpc) is 2.61. The lowest BCUT2D eigenvalue weighted by molar-refractivity contribution is -0.493. The van der Waals surface area contributed by atoms with E-state index >= 15 is 0 Å². The first kappa shape index (κ1) is 10.3. The molecule has 0 unspecified atom stereocenters. The predicted molar refractivity (Wildman–Crippen MR) is 52.5 cm³/mol. The minimum Gasteiger partial charge on any atom is -1.00 e. The molecule has 2 heterocycles. The van der Waals surface area contributed by atoms with E-state index in [1.165, 1.54) is 11.1 Å². The zero-order valence-electron chi connectivity index (χ0n) is 8.50. The maximum Gasteiger partial charge on any atom is 0.231 e. The van der Waals surface area contributed by atoms with Crippen LogP contribution < -0.4 is 21.9 Å². The fourth-order valence-corrected chi connectivity index (χ4v) is 1.94. The molecule has 0 amide bonds. The number of ether oxygens (including phenoxy) is 2. The molecule has 1 aromatic carbocycles. The van der Waals surface area contributed by atoms with Crippen molar-refractivity contribution in [1.29, 1.82) is 0 Å². The van der Waals surface area contributed by atoms with Crippen molar-refractivity contribution < 1.29 is 26.5 Å². The summed E-state index contributed by atoms with van der Waals surface area (Å²) in [5, 5.41) is 0. The molecule has 15 heavy (non-hydrogen) atoms. The summed E-state index contributed by atoms with van der Waals surface area (Å²) in [7, 11) is 2.09. The van der Waals surface area contributed by atoms with Crippen molar-refractivity contribution in [2.24, 2.45) is 0 Å². The number of hydrogen-bond donors (Lipinski definition) is 0. The Morgan fingerprint density at radius 1 is 1.20 bits per heavy atom. The molecule has 0 radical (unpaired) electrons. The molecule has 3 rings (SSSR count). The summed E-state index contributed by atoms with van der Waals surface area (Å²) in [4.78, 5) is 0. The lowest BCUT2D eigenvalue weighted by atomic mass is 10.0. The number of rotatable bonds is 0. The van der Waals surface area contributed by atoms with Crippen LogP contribution in [0.2, 0.25) is 0 Å². The zero-order chi connectivity index (χ0) is 9.54. The van der Waals surface area contributed by atoms with E-state index in [0.717, 1.165) is 24.5 Å². The molecule has 0 N–H and O–H groups in total. The average molecular weight is 226 g/mol. The maximum absolute atomic E-state index is 5.34. The number of halogens is 1. The monoisotopic (exact) mass is 225 g/mol. The third kappa shape index (κ3) is 1.67. The molecule has 0 aromatic heterocycles. The van der Waals surface area contributed by atoms with Gasteiger partial charge in [0.15, 0.2) is 17.7 Å². The number of fused-ring (bicyclic) bond motifs is 2. The highest BCUT2D eigenvalue weighted by Gasteiger charge is 2.20. The van der Waals surface area contributed by atoms with Crippen LogP contribution in [0.5, 0.6) is 11.5 Å². The SMILES string of the molecule is C[N+]1=Cc2cc3c(cc2CC1)OCO3.[Cl-]. The fourth-order valence-electron chi connectivity index (χ4n) is 1.94. The summed E-state index contributed by atoms with van der Waals surface area (Å²) in [5.74, 6) is 1.76. The molecule has 80 valence electrons. The van der Waals surface area contributed by atoms with E-state index in [2.05, 4.69) is 30.0 Å². The third-order valence-electron chi connectivity index (χ3n) is 2.73. The topological polar surface area (TPSA) is 21.5 Å². The second kappa shape index (κ2) is 3.74. The Balaban J connectivity index is 0.000000853. The Bertz CT molecular complexity index is 429. The quantitative estimate of drug-likeness (QED) is 0.478. The van der Waals surface area contributed by atoms with Crippen LogP contribution in [-0.2, 0) is 6.42 Å². The van der Waals surface area contributed by atoms with Crippen LogP contribution in [-0.4, -0.2) is 31.2 Å². The van der Waals surface area contributed by atoms with Crippen molar-refractivity contribution in [3.8, 4) is 11.5 Å². The summed E-state index contributed by atoms with van der Waals surface area (Å²) in [6.07, 6.45) is 3.24. The summed E-state index contributed by atoms with van der Waals surface area (Å²) >= 11 is 0. The minimum atomic E-state index is 0. The molecule has 0 bridgehead atoms. The van der Waals surface area contributed by atoms with Gasteiger partial charge in [0, 0.05) is 12.0 Å². The summed E-state index contributed by atoms with van der Waals surface area (Å²) in [6, 6.07) is 4.16. The Hall–Kier alpha value is -1.22. The van der Waals surface area contributed by atoms with Crippen molar-refractivity contribution in [2.45, 2.75) is 6.42 Å². The lowest BCUT2D eigenvalue weighted by Crippen LogP contribution is -3.00. The number of nitrogens with zero attached hydrogens (tertiary/aromatic N) is 1. The van der Waals surface area contributed by atoms with Crippen LogP contribution in [0.15, 0.2) is 12.1 Å². The van der Waals surface area contributed by atoms with Gasteiger partial charge in [-0.2, -0.15) is 0 Å². The normalized spacial score (nSPS) is 16.5. The second-order valence-corrected chi connectivity index (χ2v) is 3.76. The van der Waals surface area contributed by atoms with Gasteiger partial charge in [0.1, 0.15) is 13.6 Å². The zero-order valence-corrected chi connectivity index (χ0v) is 9.25. The van der Waals surface area contributed by atoms with E-state index < -0.39 is 0 Å². The van der Waals surface area contributed by atoms with Gasteiger partial charge in [-0.15, -0.1) is 0 Å². The van der Waals surface area contributed by atoms with Crippen molar-refractivity contribution in [1.82, 2.24) is 0 Å². The predicted octanol–water partition coefficient (Wildman–Crippen LogP) is -1.96. The first-order valence-corrected chi connectivity index (χ1v) is 4.80. The van der Waals surface area contributed by atoms with Gasteiger partial charge in [0.2, 0.25) is 6.79 Å². The number of hydrogen-bond acceptors (Lipinski definition) is 2. The lowest BCUT2D eigenvalue weighted by Gasteiger charge is -2.10. The highest BCUT2D eigenvalue weighted by atomic mass is 35.5. The summed E-state index contributed by atoms with van der Waals surface area (Å²) in [6.45, 7) is 1.43. The smallest absolute Gasteiger partial charge is 0.231 e. The van der Waals surface area contributed by atoms with Crippen molar-refractivity contribution in [3.63, 3.8) is 0 Å². The van der Waals surface area contributed by atoms with Gasteiger partial charge in [0.25, 0.3) is 0 Å². The molecule has 0 saturated heterocycles. The van der Waals surface area contributed by atoms with Gasteiger partial charge in [0.05, 0.1) is 0 Å². The van der Waals surface area contributed by atoms with Crippen LogP contribution in [0.3, 0.4) is 0 Å². The Labute approximate surface area is 94.7 Å². The van der Waals surface area contributed by atoms with Crippen LogP contribution in [0.4, 0.5) is 0 Å². The molecule has 3 nitrogen and oxygen atoms in total. The van der Waals surface area contributed by atoms with E-state index in [1.54, 1.807) is 0 Å². The van der Waals surface area contributed by atoms with Gasteiger partial charge >= 0.3 is 0 Å². The van der Waals surface area contributed by atoms with Crippen LogP contribution in [0.25, 0.3) is 0 Å². The van der Waals surface area contributed by atoms with E-state index in [1.807, 2.05) is 0 Å². The molecule has 0 aliphatic carbocycles. The Kier molecular flexibility index (Phi) is 2.57. The largest absolute Gasteiger partial charge is 1.00 e. The standard InChI is InChI=1S/C11H12NO2.ClH/c1-12-3-2-8-4-10-11(14-7-13-10)5-9(8)6-12;/h4-6H,2-3,7H2,1H3;1H/q+1;/p-1. The molecule has 2 aliphatic rings. The van der Waals surface area contributed by atoms with E-state index in [4.69, 9.17) is 9.47 Å². The molecule has 2 aliphatic heterocycles. The van der Waals surface area contributed by atoms with Crippen LogP contribution in [0, 0.1) is 0 Å². The molecule has 0 spiro atoms. The maximum atomic E-state index is 5.34. The summed E-state index contributed by atoms with van der Waals surface area (Å²) < 4.78 is 12.9. The molecular formula is C11H12ClNO2. The van der Waals surface area contributed by atoms with Gasteiger partial charge in [-0.1, -0.05) is 0 Å². The number of likely N-dealkylation sites (N-methyl/N-ethyl adjacent to an activating group) is 1. The van der Waals surface area contributed by atoms with E-state index in [0.29, 0.717) is 6.79 Å². The third-order valence-corrected chi connectivity index (χ3v) is 2.73. The van der Waals surface area contributed by atoms with E-state index in [9.17, 15) is 0 Å². The van der Waals surface area contributed by atoms with Crippen molar-refractivity contribution in [3.05, 3.63) is 23.3 Å². The van der Waals surface area contributed by atoms with Gasteiger partial charge in [-0.25, -0.2) is 4.58 Å². The van der Waals surface area contributed by atoms with Crippen LogP contribution >= 0.6 is 0 Å². The van der Waals surface area contributed by atoms with Crippen molar-refractivity contribution >= 4 is 6.21 Å². The molecule has 4 heteroatoms. The van der Waals surface area contributed by atoms with Crippen LogP contribution in [0.1, 0.15) is 11.1 Å². The van der Waals surface area contributed by atoms with E-state index in [-0.39, 0.29) is 12.4 Å². The van der Waals surface area contributed by atoms with Crippen molar-refractivity contribution in [2.75, 3.05) is 20.4 Å². The molecule has 0 atom stereocenters. The Morgan fingerprint density at radius 3 is 2.73 bits per heavy atom. The molecule has 0 saturated carbocycles. The van der Waals surface area contributed by atoms with Gasteiger partial charge in [-0.3, -0.25) is 0 Å². The van der Waals surface area contributed by atoms with Gasteiger partial charge < -0.3 is 21.9 Å². The summed E-state index contributed by atoms with van der Waals surface area (Å²) in [5.41, 5.74) is 2.61. The highest BCUT2D eigenvalue weighted by Crippen LogP contribution is 2.35. The molecular weight excluding hydrogens is 214 g/mol. The number of benzene rings is 1. The molecule has 1 aromatic rings. The fraction of sp³-hybridized carbons (Fsp3) is 0.364. The minimum absolute atomic E-state index is 0. The van der Waals surface area contributed by atoms with Gasteiger partial charge in [-0.05, 0) is 17.7 Å². The Morgan fingerprint density at radius 2 is 1.93 bits per heavy atom. The first-order valence-electron chi connectivity index (χ1n) is 4.80. The first-order chi connectivity index (χ1) is 6.83. The second-order valence-electron chi connectivity index (χ2n) is 3.76. The molecule has 0 fully saturated rings. The highest BCUT2D eigenvalue weighted by molar-refractivity contribution is 5.80.